The molecule has 0 aliphatic heterocycles. The number of nitrogens with zero attached hydrogens (tertiary/aromatic N) is 1. The highest BCUT2D eigenvalue weighted by Gasteiger charge is 2.20. The number of hydrogen-bond acceptors (Lipinski definition) is 4. The van der Waals surface area contributed by atoms with Crippen LogP contribution >= 0.6 is 22.9 Å². The molecule has 26 heavy (non-hydrogen) atoms. The van der Waals surface area contributed by atoms with E-state index in [0.717, 1.165) is 39.1 Å². The lowest BCUT2D eigenvalue weighted by molar-refractivity contribution is -0.121. The fourth-order valence-corrected chi connectivity index (χ4v) is 5.08. The Kier molecular flexibility index (Phi) is 7.29. The van der Waals surface area contributed by atoms with Crippen LogP contribution in [0.25, 0.3) is 10.2 Å². The lowest BCUT2D eigenvalue weighted by atomic mass is 9.85. The van der Waals surface area contributed by atoms with Gasteiger partial charge in [0.15, 0.2) is 0 Å². The number of thiazole rings is 1. The summed E-state index contributed by atoms with van der Waals surface area (Å²) in [5, 5.41) is 8.18. The van der Waals surface area contributed by atoms with Gasteiger partial charge in [0.2, 0.25) is 5.91 Å². The van der Waals surface area contributed by atoms with Crippen LogP contribution in [0.1, 0.15) is 50.0 Å². The summed E-state index contributed by atoms with van der Waals surface area (Å²) in [4.78, 5) is 17.0. The highest BCUT2D eigenvalue weighted by molar-refractivity contribution is 7.18. The molecule has 142 valence electrons. The molecule has 2 N–H and O–H groups in total. The van der Waals surface area contributed by atoms with Crippen molar-refractivity contribution in [3.8, 4) is 0 Å². The summed E-state index contributed by atoms with van der Waals surface area (Å²) in [6.45, 7) is 0.835. The molecule has 3 rings (SSSR count). The molecular formula is C20H28ClN3OS. The summed E-state index contributed by atoms with van der Waals surface area (Å²) in [5.74, 6) is 0.884. The molecule has 1 saturated carbocycles. The van der Waals surface area contributed by atoms with Gasteiger partial charge in [-0.3, -0.25) is 4.79 Å². The van der Waals surface area contributed by atoms with Crippen LogP contribution in [0.4, 0.5) is 0 Å². The molecule has 0 bridgehead atoms. The van der Waals surface area contributed by atoms with E-state index in [1.54, 1.807) is 11.3 Å². The molecule has 1 aliphatic carbocycles. The van der Waals surface area contributed by atoms with E-state index in [1.807, 2.05) is 25.2 Å². The Labute approximate surface area is 164 Å². The van der Waals surface area contributed by atoms with Crippen molar-refractivity contribution in [3.05, 3.63) is 28.2 Å². The number of fused-ring (bicyclic) bond motifs is 1. The normalized spacial score (nSPS) is 16.7. The lowest BCUT2D eigenvalue weighted by Crippen LogP contribution is -2.42. The van der Waals surface area contributed by atoms with Crippen molar-refractivity contribution >= 4 is 39.1 Å². The van der Waals surface area contributed by atoms with E-state index < -0.39 is 0 Å². The molecule has 1 amide bonds. The number of carbonyl (C=O) groups is 1. The zero-order valence-electron chi connectivity index (χ0n) is 15.4. The summed E-state index contributed by atoms with van der Waals surface area (Å²) in [5.41, 5.74) is 0.958. The number of rotatable bonds is 8. The number of benzene rings is 1. The van der Waals surface area contributed by atoms with Gasteiger partial charge < -0.3 is 10.6 Å². The zero-order valence-corrected chi connectivity index (χ0v) is 17.0. The van der Waals surface area contributed by atoms with E-state index in [1.165, 1.54) is 32.1 Å². The molecule has 6 heteroatoms. The van der Waals surface area contributed by atoms with Gasteiger partial charge in [0.25, 0.3) is 0 Å². The number of hydrogen-bond donors (Lipinski definition) is 2. The fourth-order valence-electron chi connectivity index (χ4n) is 3.84. The Hall–Kier alpha value is -1.17. The molecule has 1 aromatic heterocycles. The highest BCUT2D eigenvalue weighted by Crippen LogP contribution is 2.28. The Bertz CT molecular complexity index is 727. The van der Waals surface area contributed by atoms with Gasteiger partial charge in [-0.15, -0.1) is 11.3 Å². The first-order valence-corrected chi connectivity index (χ1v) is 10.8. The van der Waals surface area contributed by atoms with Crippen molar-refractivity contribution in [3.63, 3.8) is 0 Å². The van der Waals surface area contributed by atoms with E-state index >= 15 is 0 Å². The number of aryl methyl sites for hydroxylation is 1. The van der Waals surface area contributed by atoms with E-state index in [0.29, 0.717) is 12.8 Å². The third-order valence-corrected chi connectivity index (χ3v) is 6.43. The maximum absolute atomic E-state index is 12.4. The molecule has 1 atom stereocenters. The number of carbonyl (C=O) groups excluding carboxylic acids is 1. The first kappa shape index (κ1) is 19.6. The van der Waals surface area contributed by atoms with Gasteiger partial charge in [-0.25, -0.2) is 4.98 Å². The fraction of sp³-hybridized carbons (Fsp3) is 0.600. The summed E-state index contributed by atoms with van der Waals surface area (Å²) in [6, 6.07) is 5.95. The second-order valence-electron chi connectivity index (χ2n) is 7.28. The maximum atomic E-state index is 12.4. The highest BCUT2D eigenvalue weighted by atomic mass is 35.5. The van der Waals surface area contributed by atoms with Crippen molar-refractivity contribution in [1.82, 2.24) is 15.6 Å². The van der Waals surface area contributed by atoms with Crippen LogP contribution in [0.2, 0.25) is 5.02 Å². The quantitative estimate of drug-likeness (QED) is 0.691. The summed E-state index contributed by atoms with van der Waals surface area (Å²) < 4.78 is 1.08. The Balaban J connectivity index is 1.50. The van der Waals surface area contributed by atoms with E-state index in [9.17, 15) is 4.79 Å². The van der Waals surface area contributed by atoms with Crippen LogP contribution in [0.15, 0.2) is 18.2 Å². The van der Waals surface area contributed by atoms with Crippen LogP contribution in [0.5, 0.6) is 0 Å². The Morgan fingerprint density at radius 2 is 2.15 bits per heavy atom. The molecule has 4 nitrogen and oxygen atoms in total. The number of nitrogens with one attached hydrogen (secondary N) is 2. The number of aromatic nitrogens is 1. The standard InChI is InChI=1S/C20H28ClN3OS/c1-22-13-16(11-14-5-3-2-4-6-14)23-19(25)9-10-20-24-17-8-7-15(21)12-18(17)26-20/h7-8,12,14,16,22H,2-6,9-11,13H2,1H3,(H,23,25). The van der Waals surface area contributed by atoms with Crippen LogP contribution in [-0.4, -0.2) is 30.5 Å². The van der Waals surface area contributed by atoms with Crippen molar-refractivity contribution in [1.29, 1.82) is 0 Å². The molecule has 0 spiro atoms. The number of halogens is 1. The van der Waals surface area contributed by atoms with Gasteiger partial charge in [0, 0.05) is 30.5 Å². The minimum absolute atomic E-state index is 0.123. The summed E-state index contributed by atoms with van der Waals surface area (Å²) >= 11 is 7.65. The SMILES string of the molecule is CNCC(CC1CCCCC1)NC(=O)CCc1nc2ccc(Cl)cc2s1. The molecule has 0 radical (unpaired) electrons. The number of amides is 1. The Morgan fingerprint density at radius 3 is 2.92 bits per heavy atom. The van der Waals surface area contributed by atoms with Crippen molar-refractivity contribution < 1.29 is 4.79 Å². The van der Waals surface area contributed by atoms with Gasteiger partial charge in [-0.2, -0.15) is 0 Å². The van der Waals surface area contributed by atoms with Crippen molar-refractivity contribution in [2.45, 2.75) is 57.4 Å². The van der Waals surface area contributed by atoms with Gasteiger partial charge in [0.1, 0.15) is 0 Å². The smallest absolute Gasteiger partial charge is 0.220 e. The largest absolute Gasteiger partial charge is 0.352 e. The monoisotopic (exact) mass is 393 g/mol. The molecule has 1 heterocycles. The third-order valence-electron chi connectivity index (χ3n) is 5.12. The second-order valence-corrected chi connectivity index (χ2v) is 8.83. The molecule has 1 aliphatic rings. The van der Waals surface area contributed by atoms with E-state index in [2.05, 4.69) is 15.6 Å². The summed E-state index contributed by atoms with van der Waals surface area (Å²) in [7, 11) is 1.95. The van der Waals surface area contributed by atoms with Crippen molar-refractivity contribution in [2.24, 2.45) is 5.92 Å². The van der Waals surface area contributed by atoms with Crippen LogP contribution in [0, 0.1) is 5.92 Å². The molecule has 1 unspecified atom stereocenters. The zero-order chi connectivity index (χ0) is 18.4. The number of likely N-dealkylation sites (N-methyl/N-ethyl adjacent to an activating group) is 1. The van der Waals surface area contributed by atoms with Crippen LogP contribution < -0.4 is 10.6 Å². The van der Waals surface area contributed by atoms with E-state index in [4.69, 9.17) is 11.6 Å². The lowest BCUT2D eigenvalue weighted by Gasteiger charge is -2.27. The molecule has 1 aromatic carbocycles. The topological polar surface area (TPSA) is 54.0 Å². The first-order chi connectivity index (χ1) is 12.6. The predicted octanol–water partition coefficient (Wildman–Crippen LogP) is 4.56. The predicted molar refractivity (Wildman–Crippen MR) is 110 cm³/mol. The first-order valence-electron chi connectivity index (χ1n) is 9.63. The maximum Gasteiger partial charge on any atom is 0.220 e. The molecule has 1 fully saturated rings. The molecule has 2 aromatic rings. The molecular weight excluding hydrogens is 366 g/mol. The average Bonchev–Trinajstić information content (AvgIpc) is 3.03. The minimum Gasteiger partial charge on any atom is -0.352 e. The van der Waals surface area contributed by atoms with E-state index in [-0.39, 0.29) is 11.9 Å². The Morgan fingerprint density at radius 1 is 1.35 bits per heavy atom. The van der Waals surface area contributed by atoms with Crippen LogP contribution in [0.3, 0.4) is 0 Å². The summed E-state index contributed by atoms with van der Waals surface area (Å²) in [6.07, 6.45) is 8.92. The van der Waals surface area contributed by atoms with Crippen molar-refractivity contribution in [2.75, 3.05) is 13.6 Å². The third kappa shape index (κ3) is 5.66. The van der Waals surface area contributed by atoms with Gasteiger partial charge >= 0.3 is 0 Å². The van der Waals surface area contributed by atoms with Gasteiger partial charge in [-0.05, 0) is 37.6 Å². The van der Waals surface area contributed by atoms with Crippen LogP contribution in [-0.2, 0) is 11.2 Å². The average molecular weight is 394 g/mol. The molecule has 0 saturated heterocycles. The van der Waals surface area contributed by atoms with Gasteiger partial charge in [-0.1, -0.05) is 43.7 Å². The second kappa shape index (κ2) is 9.67. The minimum atomic E-state index is 0.123. The van der Waals surface area contributed by atoms with Gasteiger partial charge in [0.05, 0.1) is 15.2 Å².